The molecule has 3 nitrogen and oxygen atoms in total. The average Bonchev–Trinajstić information content (AvgIpc) is 2.65. The molecule has 0 aromatic heterocycles. The van der Waals surface area contributed by atoms with E-state index >= 15 is 0 Å². The van der Waals surface area contributed by atoms with Crippen molar-refractivity contribution in [3.8, 4) is 5.75 Å². The van der Waals surface area contributed by atoms with Gasteiger partial charge in [0.1, 0.15) is 17.2 Å². The van der Waals surface area contributed by atoms with Crippen LogP contribution in [0.25, 0.3) is 0 Å². The highest BCUT2D eigenvalue weighted by atomic mass is 19.1. The number of hydrogen-bond acceptors (Lipinski definition) is 3. The number of carbonyl (C=O) groups is 1. The minimum absolute atomic E-state index is 0.111. The van der Waals surface area contributed by atoms with Gasteiger partial charge in [-0.05, 0) is 44.2 Å². The van der Waals surface area contributed by atoms with E-state index in [-0.39, 0.29) is 11.7 Å². The number of esters is 1. The maximum absolute atomic E-state index is 14.3. The first kappa shape index (κ1) is 15.8. The standard InChI is InChI=1S/C17H23FO3/c1-2-7-16(20)21-17(10-5-3-4-6-11-17)14-9-8-13(19)12-15(14)18/h8-9,12,19H,2-7,10-11H2,1H3. The number of benzene rings is 1. The summed E-state index contributed by atoms with van der Waals surface area (Å²) in [6.45, 7) is 1.92. The largest absolute Gasteiger partial charge is 0.508 e. The van der Waals surface area contributed by atoms with Gasteiger partial charge in [0.2, 0.25) is 0 Å². The van der Waals surface area contributed by atoms with Gasteiger partial charge in [0.05, 0.1) is 0 Å². The first-order valence-electron chi connectivity index (χ1n) is 7.78. The zero-order valence-corrected chi connectivity index (χ0v) is 12.5. The van der Waals surface area contributed by atoms with Gasteiger partial charge in [0.15, 0.2) is 0 Å². The molecule has 0 unspecified atom stereocenters. The number of phenols is 1. The fraction of sp³-hybridized carbons (Fsp3) is 0.588. The van der Waals surface area contributed by atoms with Crippen molar-refractivity contribution in [2.24, 2.45) is 0 Å². The van der Waals surface area contributed by atoms with Gasteiger partial charge in [0, 0.05) is 18.1 Å². The van der Waals surface area contributed by atoms with Crippen molar-refractivity contribution in [1.29, 1.82) is 0 Å². The zero-order valence-electron chi connectivity index (χ0n) is 12.5. The van der Waals surface area contributed by atoms with Gasteiger partial charge in [0.25, 0.3) is 0 Å². The third-order valence-corrected chi connectivity index (χ3v) is 4.12. The first-order valence-corrected chi connectivity index (χ1v) is 7.78. The normalized spacial score (nSPS) is 18.0. The number of rotatable bonds is 4. The Morgan fingerprint density at radius 3 is 2.52 bits per heavy atom. The fourth-order valence-corrected chi connectivity index (χ4v) is 3.07. The Morgan fingerprint density at radius 1 is 1.29 bits per heavy atom. The summed E-state index contributed by atoms with van der Waals surface area (Å²) in [4.78, 5) is 12.0. The van der Waals surface area contributed by atoms with Crippen molar-refractivity contribution in [3.63, 3.8) is 0 Å². The third-order valence-electron chi connectivity index (χ3n) is 4.12. The van der Waals surface area contributed by atoms with Gasteiger partial charge in [-0.25, -0.2) is 4.39 Å². The van der Waals surface area contributed by atoms with Gasteiger partial charge in [-0.3, -0.25) is 4.79 Å². The Hall–Kier alpha value is -1.58. The van der Waals surface area contributed by atoms with Crippen molar-refractivity contribution >= 4 is 5.97 Å². The lowest BCUT2D eigenvalue weighted by molar-refractivity contribution is -0.163. The lowest BCUT2D eigenvalue weighted by Gasteiger charge is -2.33. The monoisotopic (exact) mass is 294 g/mol. The summed E-state index contributed by atoms with van der Waals surface area (Å²) in [6, 6.07) is 4.10. The molecule has 4 heteroatoms. The topological polar surface area (TPSA) is 46.5 Å². The number of ether oxygens (including phenoxy) is 1. The minimum atomic E-state index is -0.874. The molecule has 0 spiro atoms. The van der Waals surface area contributed by atoms with Crippen LogP contribution in [-0.4, -0.2) is 11.1 Å². The van der Waals surface area contributed by atoms with Crippen molar-refractivity contribution in [2.75, 3.05) is 0 Å². The van der Waals surface area contributed by atoms with Crippen LogP contribution >= 0.6 is 0 Å². The van der Waals surface area contributed by atoms with E-state index < -0.39 is 11.4 Å². The first-order chi connectivity index (χ1) is 10.1. The average molecular weight is 294 g/mol. The van der Waals surface area contributed by atoms with Crippen LogP contribution in [-0.2, 0) is 15.1 Å². The van der Waals surface area contributed by atoms with E-state index in [2.05, 4.69) is 0 Å². The van der Waals surface area contributed by atoms with Crippen molar-refractivity contribution < 1.29 is 19.0 Å². The number of carbonyl (C=O) groups excluding carboxylic acids is 1. The number of hydrogen-bond donors (Lipinski definition) is 1. The molecule has 0 radical (unpaired) electrons. The number of phenolic OH excluding ortho intramolecular Hbond substituents is 1. The number of aromatic hydroxyl groups is 1. The van der Waals surface area contributed by atoms with Gasteiger partial charge in [-0.2, -0.15) is 0 Å². The van der Waals surface area contributed by atoms with Crippen LogP contribution in [0.15, 0.2) is 18.2 Å². The second kappa shape index (κ2) is 6.92. The van der Waals surface area contributed by atoms with Gasteiger partial charge < -0.3 is 9.84 Å². The highest BCUT2D eigenvalue weighted by molar-refractivity contribution is 5.70. The summed E-state index contributed by atoms with van der Waals surface area (Å²) in [5.41, 5.74) is -0.479. The van der Waals surface area contributed by atoms with E-state index in [1.165, 1.54) is 6.07 Å². The van der Waals surface area contributed by atoms with Crippen LogP contribution in [0.1, 0.15) is 63.9 Å². The Bertz CT molecular complexity index is 491. The summed E-state index contributed by atoms with van der Waals surface area (Å²) >= 11 is 0. The van der Waals surface area contributed by atoms with Crippen LogP contribution in [0.5, 0.6) is 5.75 Å². The Kier molecular flexibility index (Phi) is 5.21. The maximum Gasteiger partial charge on any atom is 0.306 e. The van der Waals surface area contributed by atoms with E-state index in [0.29, 0.717) is 31.2 Å². The quantitative estimate of drug-likeness (QED) is 0.660. The van der Waals surface area contributed by atoms with E-state index in [0.717, 1.165) is 31.7 Å². The van der Waals surface area contributed by atoms with Crippen LogP contribution in [0.4, 0.5) is 4.39 Å². The summed E-state index contributed by atoms with van der Waals surface area (Å²) in [5, 5.41) is 9.39. The lowest BCUT2D eigenvalue weighted by Crippen LogP contribution is -2.33. The molecule has 1 N–H and O–H groups in total. The third kappa shape index (κ3) is 3.74. The molecule has 2 rings (SSSR count). The molecule has 1 saturated carbocycles. The second-order valence-electron chi connectivity index (χ2n) is 5.80. The van der Waals surface area contributed by atoms with Crippen molar-refractivity contribution in [1.82, 2.24) is 0 Å². The van der Waals surface area contributed by atoms with Crippen LogP contribution < -0.4 is 0 Å². The molecule has 1 aromatic rings. The zero-order chi connectivity index (χ0) is 15.3. The molecule has 0 bridgehead atoms. The molecule has 21 heavy (non-hydrogen) atoms. The van der Waals surface area contributed by atoms with Crippen LogP contribution in [0.3, 0.4) is 0 Å². The summed E-state index contributed by atoms with van der Waals surface area (Å²) in [6.07, 6.45) is 6.34. The predicted molar refractivity (Wildman–Crippen MR) is 78.4 cm³/mol. The van der Waals surface area contributed by atoms with Crippen molar-refractivity contribution in [3.05, 3.63) is 29.6 Å². The fourth-order valence-electron chi connectivity index (χ4n) is 3.07. The van der Waals surface area contributed by atoms with Crippen molar-refractivity contribution in [2.45, 2.75) is 63.9 Å². The van der Waals surface area contributed by atoms with Gasteiger partial charge in [-0.1, -0.05) is 19.8 Å². The summed E-state index contributed by atoms with van der Waals surface area (Å²) in [7, 11) is 0. The molecular formula is C17H23FO3. The Labute approximate surface area is 125 Å². The molecule has 0 aliphatic heterocycles. The number of halogens is 1. The van der Waals surface area contributed by atoms with E-state index in [1.54, 1.807) is 6.07 Å². The molecule has 0 amide bonds. The van der Waals surface area contributed by atoms with E-state index in [9.17, 15) is 14.3 Å². The molecule has 1 aliphatic carbocycles. The Morgan fingerprint density at radius 2 is 1.95 bits per heavy atom. The second-order valence-corrected chi connectivity index (χ2v) is 5.80. The SMILES string of the molecule is CCCC(=O)OC1(c2ccc(O)cc2F)CCCCCC1. The predicted octanol–water partition coefficient (Wildman–Crippen LogP) is 4.42. The molecule has 0 atom stereocenters. The van der Waals surface area contributed by atoms with Gasteiger partial charge in [-0.15, -0.1) is 0 Å². The highest BCUT2D eigenvalue weighted by Gasteiger charge is 2.38. The minimum Gasteiger partial charge on any atom is -0.508 e. The van der Waals surface area contributed by atoms with E-state index in [1.807, 2.05) is 6.92 Å². The molecule has 0 heterocycles. The molecule has 1 aromatic carbocycles. The molecule has 1 fully saturated rings. The Balaban J connectivity index is 2.36. The van der Waals surface area contributed by atoms with E-state index in [4.69, 9.17) is 4.74 Å². The smallest absolute Gasteiger partial charge is 0.306 e. The lowest BCUT2D eigenvalue weighted by atomic mass is 9.85. The molecule has 0 saturated heterocycles. The summed E-state index contributed by atoms with van der Waals surface area (Å²) in [5.74, 6) is -0.881. The maximum atomic E-state index is 14.3. The van der Waals surface area contributed by atoms with Gasteiger partial charge >= 0.3 is 5.97 Å². The van der Waals surface area contributed by atoms with Crippen LogP contribution in [0.2, 0.25) is 0 Å². The van der Waals surface area contributed by atoms with Crippen LogP contribution in [0, 0.1) is 5.82 Å². The molecule has 1 aliphatic rings. The highest BCUT2D eigenvalue weighted by Crippen LogP contribution is 2.41. The molecule has 116 valence electrons. The summed E-state index contributed by atoms with van der Waals surface area (Å²) < 4.78 is 20.0. The molecular weight excluding hydrogens is 271 g/mol.